The summed E-state index contributed by atoms with van der Waals surface area (Å²) in [6.45, 7) is 6.33. The van der Waals surface area contributed by atoms with Crippen LogP contribution in [0.1, 0.15) is 39.4 Å². The fourth-order valence-corrected chi connectivity index (χ4v) is 1.53. The van der Waals surface area contributed by atoms with E-state index in [9.17, 15) is 5.11 Å². The first kappa shape index (κ1) is 12.2. The molecule has 0 aliphatic heterocycles. The number of hydrogen-bond donors (Lipinski definition) is 1. The molecule has 86 valence electrons. The average Bonchev–Trinajstić information content (AvgIpc) is 2.60. The molecule has 1 aromatic heterocycles. The van der Waals surface area contributed by atoms with E-state index < -0.39 is 0 Å². The quantitative estimate of drug-likeness (QED) is 0.808. The van der Waals surface area contributed by atoms with Gasteiger partial charge >= 0.3 is 0 Å². The summed E-state index contributed by atoms with van der Waals surface area (Å²) in [5, 5.41) is 10.0. The molecule has 0 aliphatic carbocycles. The van der Waals surface area contributed by atoms with Gasteiger partial charge in [-0.05, 0) is 18.3 Å². The van der Waals surface area contributed by atoms with Crippen molar-refractivity contribution in [1.82, 2.24) is 9.55 Å². The fraction of sp³-hybridized carbons (Fsp3) is 0.750. The van der Waals surface area contributed by atoms with E-state index in [1.807, 2.05) is 17.8 Å². The minimum Gasteiger partial charge on any atom is -0.393 e. The maximum atomic E-state index is 10.0. The molecular formula is C12H22N2O. The molecule has 1 unspecified atom stereocenters. The molecule has 0 aromatic carbocycles. The van der Waals surface area contributed by atoms with Gasteiger partial charge in [-0.3, -0.25) is 0 Å². The summed E-state index contributed by atoms with van der Waals surface area (Å²) in [4.78, 5) is 4.25. The predicted octanol–water partition coefficient (Wildman–Crippen LogP) is 2.15. The van der Waals surface area contributed by atoms with Crippen molar-refractivity contribution in [1.29, 1.82) is 0 Å². The van der Waals surface area contributed by atoms with Gasteiger partial charge < -0.3 is 9.67 Å². The second-order valence-electron chi connectivity index (χ2n) is 4.85. The molecule has 0 saturated carbocycles. The molecule has 0 saturated heterocycles. The first-order chi connectivity index (χ1) is 6.97. The van der Waals surface area contributed by atoms with Crippen LogP contribution in [0.2, 0.25) is 0 Å². The second kappa shape index (κ2) is 4.79. The Hall–Kier alpha value is -0.830. The molecular weight excluding hydrogens is 188 g/mol. The molecule has 0 aliphatic rings. The monoisotopic (exact) mass is 210 g/mol. The van der Waals surface area contributed by atoms with Crippen LogP contribution < -0.4 is 0 Å². The summed E-state index contributed by atoms with van der Waals surface area (Å²) in [5.74, 6) is 1.04. The number of aliphatic hydroxyl groups is 1. The Kier molecular flexibility index (Phi) is 3.91. The minimum absolute atomic E-state index is 0.00512. The molecule has 3 heteroatoms. The van der Waals surface area contributed by atoms with Crippen molar-refractivity contribution in [3.05, 3.63) is 18.2 Å². The summed E-state index contributed by atoms with van der Waals surface area (Å²) in [7, 11) is 1.99. The Morgan fingerprint density at radius 1 is 1.53 bits per heavy atom. The average molecular weight is 210 g/mol. The van der Waals surface area contributed by atoms with Crippen LogP contribution in [0, 0.1) is 5.41 Å². The maximum absolute atomic E-state index is 10.0. The first-order valence-corrected chi connectivity index (χ1v) is 5.61. The number of aliphatic hydroxyl groups excluding tert-OH is 1. The van der Waals surface area contributed by atoms with Crippen LogP contribution in [-0.2, 0) is 13.5 Å². The number of aromatic nitrogens is 2. The Bertz CT molecular complexity index is 304. The van der Waals surface area contributed by atoms with E-state index in [1.165, 1.54) is 0 Å². The van der Waals surface area contributed by atoms with Crippen LogP contribution in [-0.4, -0.2) is 20.8 Å². The topological polar surface area (TPSA) is 38.1 Å². The van der Waals surface area contributed by atoms with Gasteiger partial charge in [0.2, 0.25) is 0 Å². The van der Waals surface area contributed by atoms with Crippen LogP contribution in [0.4, 0.5) is 0 Å². The van der Waals surface area contributed by atoms with Gasteiger partial charge in [-0.1, -0.05) is 20.8 Å². The van der Waals surface area contributed by atoms with E-state index in [1.54, 1.807) is 6.20 Å². The van der Waals surface area contributed by atoms with Gasteiger partial charge in [0, 0.05) is 25.9 Å². The van der Waals surface area contributed by atoms with E-state index in [0.717, 1.165) is 25.1 Å². The molecule has 3 nitrogen and oxygen atoms in total. The molecule has 1 N–H and O–H groups in total. The predicted molar refractivity (Wildman–Crippen MR) is 61.6 cm³/mol. The lowest BCUT2D eigenvalue weighted by Gasteiger charge is -2.29. The zero-order chi connectivity index (χ0) is 11.5. The maximum Gasteiger partial charge on any atom is 0.108 e. The summed E-state index contributed by atoms with van der Waals surface area (Å²) in [5.41, 5.74) is 0.00512. The molecule has 0 bridgehead atoms. The van der Waals surface area contributed by atoms with Crippen LogP contribution >= 0.6 is 0 Å². The van der Waals surface area contributed by atoms with Gasteiger partial charge in [-0.15, -0.1) is 0 Å². The lowest BCUT2D eigenvalue weighted by Crippen LogP contribution is -2.29. The van der Waals surface area contributed by atoms with Gasteiger partial charge in [0.15, 0.2) is 0 Å². The van der Waals surface area contributed by atoms with Gasteiger partial charge in [0.1, 0.15) is 5.82 Å². The summed E-state index contributed by atoms with van der Waals surface area (Å²) in [6.07, 6.45) is 6.10. The Morgan fingerprint density at radius 3 is 2.67 bits per heavy atom. The standard InChI is InChI=1S/C12H22N2O/c1-5-12(2,3)10(15)6-7-11-13-8-9-14(11)4/h8-10,15H,5-7H2,1-4H3. The lowest BCUT2D eigenvalue weighted by molar-refractivity contribution is 0.0403. The third kappa shape index (κ3) is 3.06. The van der Waals surface area contributed by atoms with Crippen molar-refractivity contribution in [3.8, 4) is 0 Å². The van der Waals surface area contributed by atoms with E-state index in [-0.39, 0.29) is 11.5 Å². The van der Waals surface area contributed by atoms with Gasteiger partial charge in [-0.2, -0.15) is 0 Å². The van der Waals surface area contributed by atoms with E-state index in [0.29, 0.717) is 0 Å². The molecule has 1 heterocycles. The zero-order valence-electron chi connectivity index (χ0n) is 10.2. The summed E-state index contributed by atoms with van der Waals surface area (Å²) >= 11 is 0. The SMILES string of the molecule is CCC(C)(C)C(O)CCc1nccn1C. The number of aryl methyl sites for hydroxylation is 2. The van der Waals surface area contributed by atoms with Gasteiger partial charge in [0.05, 0.1) is 6.10 Å². The zero-order valence-corrected chi connectivity index (χ0v) is 10.2. The van der Waals surface area contributed by atoms with Gasteiger partial charge in [-0.25, -0.2) is 4.98 Å². The third-order valence-electron chi connectivity index (χ3n) is 3.38. The molecule has 0 amide bonds. The van der Waals surface area contributed by atoms with E-state index in [2.05, 4.69) is 25.8 Å². The normalized spacial score (nSPS) is 14.2. The van der Waals surface area contributed by atoms with Crippen molar-refractivity contribution >= 4 is 0 Å². The Balaban J connectivity index is 2.48. The van der Waals surface area contributed by atoms with E-state index in [4.69, 9.17) is 0 Å². The number of hydrogen-bond acceptors (Lipinski definition) is 2. The van der Waals surface area contributed by atoms with E-state index >= 15 is 0 Å². The molecule has 15 heavy (non-hydrogen) atoms. The highest BCUT2D eigenvalue weighted by Crippen LogP contribution is 2.27. The van der Waals surface area contributed by atoms with Crippen molar-refractivity contribution in [2.24, 2.45) is 12.5 Å². The Labute approximate surface area is 92.1 Å². The molecule has 0 spiro atoms. The van der Waals surface area contributed by atoms with Crippen molar-refractivity contribution < 1.29 is 5.11 Å². The van der Waals surface area contributed by atoms with Gasteiger partial charge in [0.25, 0.3) is 0 Å². The molecule has 1 aromatic rings. The molecule has 0 radical (unpaired) electrons. The van der Waals surface area contributed by atoms with Crippen LogP contribution in [0.5, 0.6) is 0 Å². The van der Waals surface area contributed by atoms with Crippen LogP contribution in [0.15, 0.2) is 12.4 Å². The lowest BCUT2D eigenvalue weighted by atomic mass is 9.82. The first-order valence-electron chi connectivity index (χ1n) is 5.61. The summed E-state index contributed by atoms with van der Waals surface area (Å²) < 4.78 is 2.01. The van der Waals surface area contributed by atoms with Crippen LogP contribution in [0.25, 0.3) is 0 Å². The highest BCUT2D eigenvalue weighted by molar-refractivity contribution is 4.92. The highest BCUT2D eigenvalue weighted by atomic mass is 16.3. The largest absolute Gasteiger partial charge is 0.393 e. The minimum atomic E-state index is -0.251. The second-order valence-corrected chi connectivity index (χ2v) is 4.85. The Morgan fingerprint density at radius 2 is 2.20 bits per heavy atom. The summed E-state index contributed by atoms with van der Waals surface area (Å²) in [6, 6.07) is 0. The molecule has 1 rings (SSSR count). The number of nitrogens with zero attached hydrogens (tertiary/aromatic N) is 2. The third-order valence-corrected chi connectivity index (χ3v) is 3.38. The smallest absolute Gasteiger partial charge is 0.108 e. The number of rotatable bonds is 5. The molecule has 0 fully saturated rings. The fourth-order valence-electron chi connectivity index (χ4n) is 1.53. The van der Waals surface area contributed by atoms with Crippen LogP contribution in [0.3, 0.4) is 0 Å². The number of imidazole rings is 1. The van der Waals surface area contributed by atoms with Crippen molar-refractivity contribution in [2.75, 3.05) is 0 Å². The van der Waals surface area contributed by atoms with Crippen molar-refractivity contribution in [3.63, 3.8) is 0 Å². The molecule has 1 atom stereocenters. The van der Waals surface area contributed by atoms with Crippen molar-refractivity contribution in [2.45, 2.75) is 46.1 Å². The highest BCUT2D eigenvalue weighted by Gasteiger charge is 2.25.